The number of hydrogen-bond donors (Lipinski definition) is 1. The zero-order valence-corrected chi connectivity index (χ0v) is 10.3. The van der Waals surface area contributed by atoms with Crippen LogP contribution in [0.3, 0.4) is 0 Å². The predicted molar refractivity (Wildman–Crippen MR) is 65.7 cm³/mol. The highest BCUT2D eigenvalue weighted by Gasteiger charge is 2.34. The minimum absolute atomic E-state index is 0.0918. The van der Waals surface area contributed by atoms with Crippen LogP contribution in [0.25, 0.3) is 0 Å². The second kappa shape index (κ2) is 4.32. The van der Waals surface area contributed by atoms with Crippen molar-refractivity contribution in [1.29, 1.82) is 0 Å². The lowest BCUT2D eigenvalue weighted by atomic mass is 9.88. The Morgan fingerprint density at radius 2 is 1.60 bits per heavy atom. The summed E-state index contributed by atoms with van der Waals surface area (Å²) >= 11 is 12.1. The fourth-order valence-corrected chi connectivity index (χ4v) is 3.02. The molecule has 0 unspecified atom stereocenters. The van der Waals surface area contributed by atoms with E-state index in [-0.39, 0.29) is 5.54 Å². The molecule has 2 rings (SSSR count). The summed E-state index contributed by atoms with van der Waals surface area (Å²) in [6.07, 6.45) is 4.87. The first-order chi connectivity index (χ1) is 7.16. The number of nitrogens with one attached hydrogen (secondary N) is 1. The summed E-state index contributed by atoms with van der Waals surface area (Å²) in [5, 5.41) is 4.87. The molecule has 0 saturated heterocycles. The SMILES string of the molecule is CNC1(c2cc(Cl)cc(Cl)c2)CCCC1. The molecule has 1 N–H and O–H groups in total. The van der Waals surface area contributed by atoms with Crippen LogP contribution in [0.4, 0.5) is 0 Å². The summed E-state index contributed by atoms with van der Waals surface area (Å²) in [4.78, 5) is 0. The van der Waals surface area contributed by atoms with Gasteiger partial charge in [-0.3, -0.25) is 0 Å². The summed E-state index contributed by atoms with van der Waals surface area (Å²) in [6.45, 7) is 0. The van der Waals surface area contributed by atoms with Crippen molar-refractivity contribution in [2.45, 2.75) is 31.2 Å². The molecule has 82 valence electrons. The summed E-state index contributed by atoms with van der Waals surface area (Å²) < 4.78 is 0. The molecule has 0 amide bonds. The smallest absolute Gasteiger partial charge is 0.0433 e. The van der Waals surface area contributed by atoms with Gasteiger partial charge in [0.1, 0.15) is 0 Å². The molecule has 1 aliphatic rings. The van der Waals surface area contributed by atoms with E-state index in [2.05, 4.69) is 5.32 Å². The Labute approximate surface area is 101 Å². The first-order valence-electron chi connectivity index (χ1n) is 5.32. The van der Waals surface area contributed by atoms with Crippen LogP contribution in [0.2, 0.25) is 10.0 Å². The van der Waals surface area contributed by atoms with Crippen molar-refractivity contribution in [2.75, 3.05) is 7.05 Å². The fourth-order valence-electron chi connectivity index (χ4n) is 2.49. The van der Waals surface area contributed by atoms with E-state index < -0.39 is 0 Å². The van der Waals surface area contributed by atoms with E-state index in [1.807, 2.05) is 19.2 Å². The van der Waals surface area contributed by atoms with E-state index in [0.717, 1.165) is 10.0 Å². The van der Waals surface area contributed by atoms with Crippen LogP contribution in [0, 0.1) is 0 Å². The van der Waals surface area contributed by atoms with Gasteiger partial charge < -0.3 is 5.32 Å². The van der Waals surface area contributed by atoms with E-state index in [9.17, 15) is 0 Å². The summed E-state index contributed by atoms with van der Waals surface area (Å²) in [6, 6.07) is 5.83. The Morgan fingerprint density at radius 3 is 2.07 bits per heavy atom. The van der Waals surface area contributed by atoms with Crippen LogP contribution in [0.1, 0.15) is 31.2 Å². The quantitative estimate of drug-likeness (QED) is 0.829. The second-order valence-electron chi connectivity index (χ2n) is 4.20. The van der Waals surface area contributed by atoms with Crippen molar-refractivity contribution in [1.82, 2.24) is 5.32 Å². The molecule has 15 heavy (non-hydrogen) atoms. The van der Waals surface area contributed by atoms with Gasteiger partial charge in [-0.2, -0.15) is 0 Å². The minimum Gasteiger partial charge on any atom is -0.310 e. The van der Waals surface area contributed by atoms with Gasteiger partial charge >= 0.3 is 0 Å². The molecule has 0 aliphatic heterocycles. The maximum Gasteiger partial charge on any atom is 0.0433 e. The minimum atomic E-state index is 0.0918. The van der Waals surface area contributed by atoms with E-state index >= 15 is 0 Å². The third-order valence-electron chi connectivity index (χ3n) is 3.35. The fraction of sp³-hybridized carbons (Fsp3) is 0.500. The zero-order chi connectivity index (χ0) is 10.9. The lowest BCUT2D eigenvalue weighted by molar-refractivity contribution is 0.372. The average Bonchev–Trinajstić information content (AvgIpc) is 2.65. The number of hydrogen-bond acceptors (Lipinski definition) is 1. The maximum atomic E-state index is 6.04. The molecule has 0 radical (unpaired) electrons. The normalized spacial score (nSPS) is 19.4. The third-order valence-corrected chi connectivity index (χ3v) is 3.79. The molecule has 1 fully saturated rings. The van der Waals surface area contributed by atoms with Crippen molar-refractivity contribution >= 4 is 23.2 Å². The molecule has 0 bridgehead atoms. The lowest BCUT2D eigenvalue weighted by Crippen LogP contribution is -2.36. The van der Waals surface area contributed by atoms with Gasteiger partial charge in [-0.15, -0.1) is 0 Å². The van der Waals surface area contributed by atoms with Gasteiger partial charge in [0.15, 0.2) is 0 Å². The molecule has 1 saturated carbocycles. The van der Waals surface area contributed by atoms with E-state index in [0.29, 0.717) is 0 Å². The molecule has 0 atom stereocenters. The molecular weight excluding hydrogens is 229 g/mol. The van der Waals surface area contributed by atoms with E-state index in [1.165, 1.54) is 31.2 Å². The van der Waals surface area contributed by atoms with Crippen LogP contribution in [-0.4, -0.2) is 7.05 Å². The first-order valence-corrected chi connectivity index (χ1v) is 6.07. The van der Waals surface area contributed by atoms with Gasteiger partial charge in [0.05, 0.1) is 0 Å². The molecule has 0 aromatic heterocycles. The summed E-state index contributed by atoms with van der Waals surface area (Å²) in [7, 11) is 2.01. The Kier molecular flexibility index (Phi) is 3.24. The molecule has 1 nitrogen and oxygen atoms in total. The molecule has 3 heteroatoms. The Morgan fingerprint density at radius 1 is 1.07 bits per heavy atom. The van der Waals surface area contributed by atoms with Crippen LogP contribution in [0.5, 0.6) is 0 Å². The molecule has 1 aliphatic carbocycles. The van der Waals surface area contributed by atoms with Crippen LogP contribution in [0.15, 0.2) is 18.2 Å². The topological polar surface area (TPSA) is 12.0 Å². The van der Waals surface area contributed by atoms with Crippen molar-refractivity contribution in [3.8, 4) is 0 Å². The van der Waals surface area contributed by atoms with Gasteiger partial charge in [-0.05, 0) is 43.7 Å². The molecule has 1 aromatic carbocycles. The highest BCUT2D eigenvalue weighted by atomic mass is 35.5. The van der Waals surface area contributed by atoms with Crippen molar-refractivity contribution in [3.05, 3.63) is 33.8 Å². The van der Waals surface area contributed by atoms with Gasteiger partial charge in [-0.25, -0.2) is 0 Å². The van der Waals surface area contributed by atoms with Crippen molar-refractivity contribution in [3.63, 3.8) is 0 Å². The second-order valence-corrected chi connectivity index (χ2v) is 5.07. The van der Waals surface area contributed by atoms with E-state index in [1.54, 1.807) is 6.07 Å². The molecular formula is C12H15Cl2N. The lowest BCUT2D eigenvalue weighted by Gasteiger charge is -2.29. The van der Waals surface area contributed by atoms with E-state index in [4.69, 9.17) is 23.2 Å². The standard InChI is InChI=1S/C12H15Cl2N/c1-15-12(4-2-3-5-12)9-6-10(13)8-11(14)7-9/h6-8,15H,2-5H2,1H3. The third kappa shape index (κ3) is 2.15. The maximum absolute atomic E-state index is 6.04. The Hall–Kier alpha value is -0.240. The van der Waals surface area contributed by atoms with Gasteiger partial charge in [0, 0.05) is 15.6 Å². The zero-order valence-electron chi connectivity index (χ0n) is 8.82. The highest BCUT2D eigenvalue weighted by molar-refractivity contribution is 6.34. The number of halogens is 2. The van der Waals surface area contributed by atoms with Crippen molar-refractivity contribution in [2.24, 2.45) is 0 Å². The predicted octanol–water partition coefficient (Wildman–Crippen LogP) is 3.98. The van der Waals surface area contributed by atoms with Crippen LogP contribution >= 0.6 is 23.2 Å². The largest absolute Gasteiger partial charge is 0.310 e. The summed E-state index contributed by atoms with van der Waals surface area (Å²) in [5.41, 5.74) is 1.31. The average molecular weight is 244 g/mol. The Balaban J connectivity index is 2.42. The number of benzene rings is 1. The molecule has 0 spiro atoms. The summed E-state index contributed by atoms with van der Waals surface area (Å²) in [5.74, 6) is 0. The van der Waals surface area contributed by atoms with Gasteiger partial charge in [0.25, 0.3) is 0 Å². The molecule has 1 aromatic rings. The molecule has 0 heterocycles. The van der Waals surface area contributed by atoms with Gasteiger partial charge in [-0.1, -0.05) is 36.0 Å². The van der Waals surface area contributed by atoms with Crippen molar-refractivity contribution < 1.29 is 0 Å². The first kappa shape index (κ1) is 11.3. The van der Waals surface area contributed by atoms with Gasteiger partial charge in [0.2, 0.25) is 0 Å². The number of rotatable bonds is 2. The highest BCUT2D eigenvalue weighted by Crippen LogP contribution is 2.40. The van der Waals surface area contributed by atoms with Crippen LogP contribution < -0.4 is 5.32 Å². The Bertz CT molecular complexity index is 336. The monoisotopic (exact) mass is 243 g/mol. The van der Waals surface area contributed by atoms with Crippen LogP contribution in [-0.2, 0) is 5.54 Å².